The van der Waals surface area contributed by atoms with E-state index in [4.69, 9.17) is 9.47 Å². The molecule has 2 atom stereocenters. The normalized spacial score (nSPS) is 23.4. The van der Waals surface area contributed by atoms with Crippen LogP contribution in [0.1, 0.15) is 6.42 Å². The zero-order valence-corrected chi connectivity index (χ0v) is 9.39. The first-order valence-corrected chi connectivity index (χ1v) is 5.07. The van der Waals surface area contributed by atoms with Crippen LogP contribution in [0.5, 0.6) is 0 Å². The lowest BCUT2D eigenvalue weighted by Crippen LogP contribution is -2.31. The molecule has 3 heteroatoms. The molecular weight excluding hydrogens is 204 g/mol. The highest BCUT2D eigenvalue weighted by molar-refractivity contribution is 5.81. The van der Waals surface area contributed by atoms with E-state index in [1.807, 2.05) is 24.3 Å². The molecule has 16 heavy (non-hydrogen) atoms. The maximum Gasteiger partial charge on any atom is 0.330 e. The monoisotopic (exact) mass is 220 g/mol. The first-order chi connectivity index (χ1) is 7.71. The number of carbonyl (C=O) groups excluding carboxylic acids is 1. The van der Waals surface area contributed by atoms with E-state index in [0.29, 0.717) is 0 Å². The summed E-state index contributed by atoms with van der Waals surface area (Å²) >= 11 is 0. The Labute approximate surface area is 95.7 Å². The van der Waals surface area contributed by atoms with Gasteiger partial charge in [-0.15, -0.1) is 6.58 Å². The number of allylic oxidation sites excluding steroid dienone is 3. The summed E-state index contributed by atoms with van der Waals surface area (Å²) in [5.41, 5.74) is 1.10. The van der Waals surface area contributed by atoms with Gasteiger partial charge < -0.3 is 9.47 Å². The molecule has 1 aliphatic carbocycles. The van der Waals surface area contributed by atoms with E-state index in [1.165, 1.54) is 0 Å². The van der Waals surface area contributed by atoms with Crippen LogP contribution in [0.4, 0.5) is 0 Å². The van der Waals surface area contributed by atoms with Crippen molar-refractivity contribution >= 4 is 5.97 Å². The molecule has 0 spiro atoms. The van der Waals surface area contributed by atoms with Crippen LogP contribution >= 0.6 is 0 Å². The molecule has 0 aromatic rings. The van der Waals surface area contributed by atoms with Gasteiger partial charge in [-0.3, -0.25) is 0 Å². The van der Waals surface area contributed by atoms with E-state index < -0.39 is 5.97 Å². The summed E-state index contributed by atoms with van der Waals surface area (Å²) in [6.07, 6.45) is 8.77. The van der Waals surface area contributed by atoms with Gasteiger partial charge in [0.1, 0.15) is 6.10 Å². The van der Waals surface area contributed by atoms with Gasteiger partial charge >= 0.3 is 5.97 Å². The zero-order chi connectivity index (χ0) is 12.0. The fourth-order valence-corrected chi connectivity index (χ4v) is 1.48. The number of hydrogen-bond acceptors (Lipinski definition) is 3. The van der Waals surface area contributed by atoms with E-state index in [9.17, 15) is 4.79 Å². The number of hydrogen-bond donors (Lipinski definition) is 0. The molecule has 0 aromatic carbocycles. The van der Waals surface area contributed by atoms with Crippen LogP contribution in [-0.4, -0.2) is 25.3 Å². The SMILES string of the molecule is C=CCC1=CC(OC)C(OC(=O)C=C)C=C1. The summed E-state index contributed by atoms with van der Waals surface area (Å²) in [5, 5.41) is 0. The van der Waals surface area contributed by atoms with Crippen molar-refractivity contribution in [1.82, 2.24) is 0 Å². The highest BCUT2D eigenvalue weighted by atomic mass is 16.6. The van der Waals surface area contributed by atoms with Gasteiger partial charge in [0.2, 0.25) is 0 Å². The molecule has 1 aliphatic rings. The second-order valence-electron chi connectivity index (χ2n) is 3.40. The smallest absolute Gasteiger partial charge is 0.330 e. The zero-order valence-electron chi connectivity index (χ0n) is 9.39. The summed E-state index contributed by atoms with van der Waals surface area (Å²) in [6.45, 7) is 7.03. The van der Waals surface area contributed by atoms with E-state index in [0.717, 1.165) is 18.1 Å². The molecule has 0 saturated carbocycles. The topological polar surface area (TPSA) is 35.5 Å². The van der Waals surface area contributed by atoms with Crippen molar-refractivity contribution in [2.45, 2.75) is 18.6 Å². The third-order valence-corrected chi connectivity index (χ3v) is 2.27. The van der Waals surface area contributed by atoms with Crippen molar-refractivity contribution in [3.63, 3.8) is 0 Å². The average molecular weight is 220 g/mol. The van der Waals surface area contributed by atoms with Crippen molar-refractivity contribution < 1.29 is 14.3 Å². The maximum atomic E-state index is 11.1. The summed E-state index contributed by atoms with van der Waals surface area (Å²) in [4.78, 5) is 11.1. The minimum absolute atomic E-state index is 0.246. The standard InChI is InChI=1S/C13H16O3/c1-4-6-10-7-8-11(12(9-10)15-3)16-13(14)5-2/h4-5,7-9,11-12H,1-2,6H2,3H3. The number of carbonyl (C=O) groups is 1. The molecule has 0 N–H and O–H groups in total. The van der Waals surface area contributed by atoms with Gasteiger partial charge in [-0.05, 0) is 24.1 Å². The summed E-state index contributed by atoms with van der Waals surface area (Å²) in [6, 6.07) is 0. The Kier molecular flexibility index (Phi) is 4.73. The molecule has 0 heterocycles. The lowest BCUT2D eigenvalue weighted by molar-refractivity contribution is -0.145. The molecule has 3 nitrogen and oxygen atoms in total. The Balaban J connectivity index is 2.69. The van der Waals surface area contributed by atoms with Gasteiger partial charge in [0.25, 0.3) is 0 Å². The van der Waals surface area contributed by atoms with Gasteiger partial charge in [-0.2, -0.15) is 0 Å². The fourth-order valence-electron chi connectivity index (χ4n) is 1.48. The van der Waals surface area contributed by atoms with E-state index in [1.54, 1.807) is 7.11 Å². The Bertz CT molecular complexity index is 339. The van der Waals surface area contributed by atoms with Crippen molar-refractivity contribution in [2.24, 2.45) is 0 Å². The van der Waals surface area contributed by atoms with E-state index in [-0.39, 0.29) is 12.2 Å². The molecule has 0 radical (unpaired) electrons. The quantitative estimate of drug-likeness (QED) is 0.404. The highest BCUT2D eigenvalue weighted by Gasteiger charge is 2.23. The number of rotatable bonds is 5. The average Bonchev–Trinajstić information content (AvgIpc) is 2.31. The number of ether oxygens (including phenoxy) is 2. The molecule has 0 saturated heterocycles. The number of methoxy groups -OCH3 is 1. The summed E-state index contributed by atoms with van der Waals surface area (Å²) in [7, 11) is 1.58. The Hall–Kier alpha value is -1.61. The molecule has 0 fully saturated rings. The predicted octanol–water partition coefficient (Wildman–Crippen LogP) is 2.17. The highest BCUT2D eigenvalue weighted by Crippen LogP contribution is 2.19. The largest absolute Gasteiger partial charge is 0.452 e. The van der Waals surface area contributed by atoms with E-state index in [2.05, 4.69) is 13.2 Å². The van der Waals surface area contributed by atoms with Crippen molar-refractivity contribution in [3.05, 3.63) is 49.1 Å². The second-order valence-corrected chi connectivity index (χ2v) is 3.40. The molecular formula is C13H16O3. The minimum Gasteiger partial charge on any atom is -0.452 e. The van der Waals surface area contributed by atoms with Gasteiger partial charge in [0, 0.05) is 13.2 Å². The third-order valence-electron chi connectivity index (χ3n) is 2.27. The van der Waals surface area contributed by atoms with E-state index >= 15 is 0 Å². The first-order valence-electron chi connectivity index (χ1n) is 5.07. The molecule has 0 aliphatic heterocycles. The molecule has 0 aromatic heterocycles. The Morgan fingerprint density at radius 3 is 2.81 bits per heavy atom. The van der Waals surface area contributed by atoms with Crippen LogP contribution < -0.4 is 0 Å². The van der Waals surface area contributed by atoms with Crippen molar-refractivity contribution in [2.75, 3.05) is 7.11 Å². The van der Waals surface area contributed by atoms with Gasteiger partial charge in [0.15, 0.2) is 6.10 Å². The van der Waals surface area contributed by atoms with Crippen LogP contribution in [0.15, 0.2) is 49.1 Å². The van der Waals surface area contributed by atoms with Gasteiger partial charge in [-0.1, -0.05) is 18.7 Å². The molecule has 2 unspecified atom stereocenters. The van der Waals surface area contributed by atoms with Crippen LogP contribution in [0.25, 0.3) is 0 Å². The molecule has 1 rings (SSSR count). The lowest BCUT2D eigenvalue weighted by atomic mass is 10.00. The van der Waals surface area contributed by atoms with Crippen LogP contribution in [0, 0.1) is 0 Å². The van der Waals surface area contributed by atoms with Crippen molar-refractivity contribution in [1.29, 1.82) is 0 Å². The molecule has 0 bridgehead atoms. The lowest BCUT2D eigenvalue weighted by Gasteiger charge is -2.24. The minimum atomic E-state index is -0.447. The summed E-state index contributed by atoms with van der Waals surface area (Å²) in [5.74, 6) is -0.447. The number of esters is 1. The molecule has 0 amide bonds. The van der Waals surface area contributed by atoms with Gasteiger partial charge in [0.05, 0.1) is 0 Å². The van der Waals surface area contributed by atoms with Crippen LogP contribution in [0.3, 0.4) is 0 Å². The third kappa shape index (κ3) is 3.21. The maximum absolute atomic E-state index is 11.1. The van der Waals surface area contributed by atoms with Crippen LogP contribution in [-0.2, 0) is 14.3 Å². The van der Waals surface area contributed by atoms with Crippen molar-refractivity contribution in [3.8, 4) is 0 Å². The second kappa shape index (κ2) is 6.08. The fraction of sp³-hybridized carbons (Fsp3) is 0.308. The predicted molar refractivity (Wildman–Crippen MR) is 62.9 cm³/mol. The molecule has 86 valence electrons. The van der Waals surface area contributed by atoms with Crippen LogP contribution in [0.2, 0.25) is 0 Å². The van der Waals surface area contributed by atoms with Gasteiger partial charge in [-0.25, -0.2) is 4.79 Å². The first kappa shape index (κ1) is 12.5. The summed E-state index contributed by atoms with van der Waals surface area (Å²) < 4.78 is 10.4. The Morgan fingerprint density at radius 1 is 1.50 bits per heavy atom. The Morgan fingerprint density at radius 2 is 2.25 bits per heavy atom.